The average Bonchev–Trinajstić information content (AvgIpc) is 3.11. The quantitative estimate of drug-likeness (QED) is 0.224. The van der Waals surface area contributed by atoms with Gasteiger partial charge in [0.1, 0.15) is 4.32 Å². The van der Waals surface area contributed by atoms with Crippen molar-refractivity contribution in [2.75, 3.05) is 26.9 Å². The predicted molar refractivity (Wildman–Crippen MR) is 139 cm³/mol. The molecular formula is C26H29NO5S2. The number of thiocarbonyl (C=S) groups is 1. The summed E-state index contributed by atoms with van der Waals surface area (Å²) in [6, 6.07) is 15.7. The summed E-state index contributed by atoms with van der Waals surface area (Å²) >= 11 is 6.64. The van der Waals surface area contributed by atoms with Crippen molar-refractivity contribution in [1.82, 2.24) is 4.90 Å². The van der Waals surface area contributed by atoms with E-state index < -0.39 is 0 Å². The molecule has 0 atom stereocenters. The van der Waals surface area contributed by atoms with Crippen molar-refractivity contribution >= 4 is 46.3 Å². The fraction of sp³-hybridized carbons (Fsp3) is 0.346. The molecule has 0 spiro atoms. The molecule has 1 aliphatic heterocycles. The fourth-order valence-corrected chi connectivity index (χ4v) is 4.64. The SMILES string of the molecule is CCCOC(=O)CCCN1C(=O)/C(=C/c2ccc(OCCc3ccccc3)c(OC)c2)SC1=S. The molecule has 1 saturated heterocycles. The number of hydrogen-bond donors (Lipinski definition) is 0. The van der Waals surface area contributed by atoms with Gasteiger partial charge in [-0.15, -0.1) is 0 Å². The monoisotopic (exact) mass is 499 g/mol. The van der Waals surface area contributed by atoms with E-state index in [0.29, 0.717) is 46.9 Å². The van der Waals surface area contributed by atoms with Gasteiger partial charge in [-0.05, 0) is 42.2 Å². The highest BCUT2D eigenvalue weighted by Gasteiger charge is 2.31. The predicted octanol–water partition coefficient (Wildman–Crippen LogP) is 5.25. The summed E-state index contributed by atoms with van der Waals surface area (Å²) in [6.45, 7) is 3.29. The number of amides is 1. The van der Waals surface area contributed by atoms with Crippen LogP contribution in [0.5, 0.6) is 11.5 Å². The van der Waals surface area contributed by atoms with E-state index in [2.05, 4.69) is 12.1 Å². The molecule has 8 heteroatoms. The van der Waals surface area contributed by atoms with Gasteiger partial charge in [-0.1, -0.05) is 67.3 Å². The van der Waals surface area contributed by atoms with Crippen LogP contribution in [0.1, 0.15) is 37.3 Å². The number of ether oxygens (including phenoxy) is 3. The molecule has 1 aliphatic rings. The van der Waals surface area contributed by atoms with Gasteiger partial charge >= 0.3 is 5.97 Å². The summed E-state index contributed by atoms with van der Waals surface area (Å²) in [5, 5.41) is 0. The van der Waals surface area contributed by atoms with Gasteiger partial charge in [0.2, 0.25) is 0 Å². The first kappa shape index (κ1) is 25.8. The minimum Gasteiger partial charge on any atom is -0.493 e. The van der Waals surface area contributed by atoms with Crippen LogP contribution in [0.3, 0.4) is 0 Å². The van der Waals surface area contributed by atoms with Crippen molar-refractivity contribution in [2.24, 2.45) is 0 Å². The Kier molecular flexibility index (Phi) is 9.97. The third kappa shape index (κ3) is 7.33. The number of carbonyl (C=O) groups is 2. The van der Waals surface area contributed by atoms with Crippen LogP contribution in [0.25, 0.3) is 6.08 Å². The van der Waals surface area contributed by atoms with Gasteiger partial charge in [0.15, 0.2) is 11.5 Å². The smallest absolute Gasteiger partial charge is 0.305 e. The van der Waals surface area contributed by atoms with Crippen LogP contribution in [-0.2, 0) is 20.7 Å². The van der Waals surface area contributed by atoms with Gasteiger partial charge in [0.25, 0.3) is 5.91 Å². The number of carbonyl (C=O) groups excluding carboxylic acids is 2. The third-order valence-electron chi connectivity index (χ3n) is 5.08. The zero-order valence-electron chi connectivity index (χ0n) is 19.5. The molecule has 2 aromatic rings. The molecule has 0 aromatic heterocycles. The largest absolute Gasteiger partial charge is 0.493 e. The Labute approximate surface area is 210 Å². The molecule has 6 nitrogen and oxygen atoms in total. The molecule has 2 aromatic carbocycles. The zero-order valence-corrected chi connectivity index (χ0v) is 21.1. The van der Waals surface area contributed by atoms with Gasteiger partial charge in [-0.3, -0.25) is 14.5 Å². The molecule has 0 radical (unpaired) electrons. The van der Waals surface area contributed by atoms with E-state index in [1.54, 1.807) is 13.2 Å². The first-order valence-corrected chi connectivity index (χ1v) is 12.5. The minimum atomic E-state index is -0.249. The topological polar surface area (TPSA) is 65.1 Å². The lowest BCUT2D eigenvalue weighted by Gasteiger charge is -2.14. The zero-order chi connectivity index (χ0) is 24.3. The number of methoxy groups -OCH3 is 1. The molecule has 3 rings (SSSR count). The second-order valence-electron chi connectivity index (χ2n) is 7.65. The van der Waals surface area contributed by atoms with Crippen LogP contribution in [0, 0.1) is 0 Å². The van der Waals surface area contributed by atoms with Crippen LogP contribution in [-0.4, -0.2) is 48.0 Å². The first-order valence-electron chi connectivity index (χ1n) is 11.3. The first-order chi connectivity index (χ1) is 16.5. The van der Waals surface area contributed by atoms with Crippen LogP contribution in [0.15, 0.2) is 53.4 Å². The molecule has 0 aliphatic carbocycles. The molecule has 1 amide bonds. The summed E-state index contributed by atoms with van der Waals surface area (Å²) in [5.74, 6) is 0.848. The summed E-state index contributed by atoms with van der Waals surface area (Å²) in [5.41, 5.74) is 2.02. The fourth-order valence-electron chi connectivity index (χ4n) is 3.33. The third-order valence-corrected chi connectivity index (χ3v) is 6.46. The van der Waals surface area contributed by atoms with Crippen LogP contribution < -0.4 is 9.47 Å². The van der Waals surface area contributed by atoms with Gasteiger partial charge < -0.3 is 14.2 Å². The van der Waals surface area contributed by atoms with E-state index >= 15 is 0 Å². The lowest BCUT2D eigenvalue weighted by molar-refractivity contribution is -0.144. The van der Waals surface area contributed by atoms with E-state index in [1.807, 2.05) is 43.3 Å². The molecule has 180 valence electrons. The molecule has 1 fully saturated rings. The van der Waals surface area contributed by atoms with Crippen LogP contribution in [0.4, 0.5) is 0 Å². The number of benzene rings is 2. The van der Waals surface area contributed by atoms with E-state index in [0.717, 1.165) is 18.4 Å². The van der Waals surface area contributed by atoms with E-state index in [4.69, 9.17) is 26.4 Å². The van der Waals surface area contributed by atoms with Crippen LogP contribution in [0.2, 0.25) is 0 Å². The molecule has 0 N–H and O–H groups in total. The number of hydrogen-bond acceptors (Lipinski definition) is 7. The van der Waals surface area contributed by atoms with Gasteiger partial charge in [0.05, 0.1) is 25.2 Å². The van der Waals surface area contributed by atoms with E-state index in [-0.39, 0.29) is 18.3 Å². The van der Waals surface area contributed by atoms with Gasteiger partial charge in [0, 0.05) is 19.4 Å². The Bertz CT molecular complexity index is 1040. The molecule has 1 heterocycles. The van der Waals surface area contributed by atoms with Crippen molar-refractivity contribution in [3.8, 4) is 11.5 Å². The number of thioether (sulfide) groups is 1. The van der Waals surface area contributed by atoms with Gasteiger partial charge in [-0.2, -0.15) is 0 Å². The molecule has 0 bridgehead atoms. The standard InChI is InChI=1S/C26H29NO5S2/c1-3-15-32-24(28)10-7-14-27-25(29)23(34-26(27)33)18-20-11-12-21(22(17-20)30-2)31-16-13-19-8-5-4-6-9-19/h4-6,8-9,11-12,17-18H,3,7,10,13-16H2,1-2H3/b23-18-. The Hall–Kier alpha value is -2.84. The van der Waals surface area contributed by atoms with E-state index in [9.17, 15) is 9.59 Å². The van der Waals surface area contributed by atoms with Gasteiger partial charge in [-0.25, -0.2) is 0 Å². The second-order valence-corrected chi connectivity index (χ2v) is 9.33. The van der Waals surface area contributed by atoms with Crippen molar-refractivity contribution in [1.29, 1.82) is 0 Å². The second kappa shape index (κ2) is 13.2. The number of esters is 1. The minimum absolute atomic E-state index is 0.154. The Morgan fingerprint density at radius 3 is 2.65 bits per heavy atom. The molecule has 34 heavy (non-hydrogen) atoms. The van der Waals surface area contributed by atoms with Crippen molar-refractivity contribution in [3.63, 3.8) is 0 Å². The van der Waals surface area contributed by atoms with Crippen molar-refractivity contribution in [3.05, 3.63) is 64.6 Å². The number of nitrogens with zero attached hydrogens (tertiary/aromatic N) is 1. The maximum Gasteiger partial charge on any atom is 0.305 e. The summed E-state index contributed by atoms with van der Waals surface area (Å²) in [4.78, 5) is 26.6. The maximum atomic E-state index is 12.8. The summed E-state index contributed by atoms with van der Waals surface area (Å²) in [6.07, 6.45) is 4.15. The van der Waals surface area contributed by atoms with Crippen molar-refractivity contribution < 1.29 is 23.8 Å². The number of rotatable bonds is 12. The lowest BCUT2D eigenvalue weighted by Crippen LogP contribution is -2.29. The van der Waals surface area contributed by atoms with Crippen LogP contribution >= 0.6 is 24.0 Å². The normalized spacial score (nSPS) is 14.5. The molecule has 0 saturated carbocycles. The molecule has 0 unspecified atom stereocenters. The van der Waals surface area contributed by atoms with E-state index in [1.165, 1.54) is 22.2 Å². The Balaban J connectivity index is 1.58. The lowest BCUT2D eigenvalue weighted by atomic mass is 10.1. The van der Waals surface area contributed by atoms with Crippen molar-refractivity contribution in [2.45, 2.75) is 32.6 Å². The Morgan fingerprint density at radius 1 is 1.12 bits per heavy atom. The highest BCUT2D eigenvalue weighted by molar-refractivity contribution is 8.26. The highest BCUT2D eigenvalue weighted by atomic mass is 32.2. The highest BCUT2D eigenvalue weighted by Crippen LogP contribution is 2.35. The average molecular weight is 500 g/mol. The Morgan fingerprint density at radius 2 is 1.91 bits per heavy atom. The molecular weight excluding hydrogens is 470 g/mol. The maximum absolute atomic E-state index is 12.8. The summed E-state index contributed by atoms with van der Waals surface area (Å²) in [7, 11) is 1.59. The summed E-state index contributed by atoms with van der Waals surface area (Å²) < 4.78 is 17.0.